The van der Waals surface area contributed by atoms with Gasteiger partial charge in [0.05, 0.1) is 18.1 Å². The first-order valence-electron chi connectivity index (χ1n) is 9.08. The molecular weight excluding hydrogens is 352 g/mol. The summed E-state index contributed by atoms with van der Waals surface area (Å²) in [6.07, 6.45) is 1.26. The maximum atomic E-state index is 13.5. The Morgan fingerprint density at radius 2 is 2.11 bits per heavy atom. The predicted molar refractivity (Wildman–Crippen MR) is 95.6 cm³/mol. The van der Waals surface area contributed by atoms with Crippen LogP contribution in [-0.4, -0.2) is 61.5 Å². The average molecular weight is 378 g/mol. The molecule has 1 aromatic rings. The molecule has 1 saturated heterocycles. The fourth-order valence-corrected chi connectivity index (χ4v) is 3.70. The van der Waals surface area contributed by atoms with E-state index in [0.717, 1.165) is 5.56 Å². The summed E-state index contributed by atoms with van der Waals surface area (Å²) in [6, 6.07) is 4.81. The lowest BCUT2D eigenvalue weighted by molar-refractivity contribution is -0.155. The fourth-order valence-electron chi connectivity index (χ4n) is 3.70. The zero-order valence-electron chi connectivity index (χ0n) is 15.7. The molecule has 2 aliphatic rings. The number of carbonyl (C=O) groups is 2. The molecule has 0 spiro atoms. The van der Waals surface area contributed by atoms with Crippen LogP contribution in [0.15, 0.2) is 18.2 Å². The fraction of sp³-hybridized carbons (Fsp3) is 0.579. The molecule has 3 rings (SSSR count). The molecule has 2 N–H and O–H groups in total. The van der Waals surface area contributed by atoms with Gasteiger partial charge in [-0.15, -0.1) is 0 Å². The van der Waals surface area contributed by atoms with Crippen LogP contribution in [0.1, 0.15) is 35.7 Å². The smallest absolute Gasteiger partial charge is 0.274 e. The highest BCUT2D eigenvalue weighted by Crippen LogP contribution is 2.36. The van der Waals surface area contributed by atoms with Crippen LogP contribution in [0.25, 0.3) is 0 Å². The van der Waals surface area contributed by atoms with Crippen molar-refractivity contribution >= 4 is 11.8 Å². The summed E-state index contributed by atoms with van der Waals surface area (Å²) < 4.78 is 16.7. The Labute approximate surface area is 158 Å². The van der Waals surface area contributed by atoms with Crippen LogP contribution >= 0.6 is 0 Å². The number of fused-ring (bicyclic) bond motifs is 1. The van der Waals surface area contributed by atoms with E-state index in [-0.39, 0.29) is 11.9 Å². The number of benzene rings is 1. The molecule has 0 saturated carbocycles. The minimum atomic E-state index is -0.604. The van der Waals surface area contributed by atoms with E-state index in [2.05, 4.69) is 0 Å². The van der Waals surface area contributed by atoms with Gasteiger partial charge in [0.15, 0.2) is 0 Å². The number of hydroxylamine groups is 1. The van der Waals surface area contributed by atoms with Gasteiger partial charge in [0.1, 0.15) is 12.4 Å². The Hall–Kier alpha value is -2.16. The van der Waals surface area contributed by atoms with Gasteiger partial charge in [-0.2, -0.15) is 0 Å². The maximum absolute atomic E-state index is 13.5. The molecule has 2 heterocycles. The number of amides is 2. The second-order valence-corrected chi connectivity index (χ2v) is 7.18. The number of nitrogens with one attached hydrogen (secondary N) is 1. The van der Waals surface area contributed by atoms with Gasteiger partial charge in [-0.3, -0.25) is 14.8 Å². The topological polar surface area (TPSA) is 97.3 Å². The number of nitrogens with zero attached hydrogens (tertiary/aromatic N) is 1. The first kappa shape index (κ1) is 19.6. The van der Waals surface area contributed by atoms with Gasteiger partial charge in [0, 0.05) is 38.0 Å². The summed E-state index contributed by atoms with van der Waals surface area (Å²) in [7, 11) is 1.61. The molecular formula is C19H26N2O6. The van der Waals surface area contributed by atoms with Crippen molar-refractivity contribution in [3.05, 3.63) is 29.3 Å². The molecule has 1 unspecified atom stereocenters. The SMILES string of the molecule is COCC1(C(=O)N2Cc3ccc(C(=O)NO)cc3OCC2C)CCOCC1. The molecule has 0 bridgehead atoms. The van der Waals surface area contributed by atoms with Gasteiger partial charge in [-0.25, -0.2) is 5.48 Å². The number of hydrogen-bond acceptors (Lipinski definition) is 6. The molecule has 2 amide bonds. The van der Waals surface area contributed by atoms with Crippen LogP contribution in [0.2, 0.25) is 0 Å². The zero-order chi connectivity index (χ0) is 19.4. The van der Waals surface area contributed by atoms with E-state index < -0.39 is 11.3 Å². The van der Waals surface area contributed by atoms with Gasteiger partial charge in [-0.1, -0.05) is 6.07 Å². The van der Waals surface area contributed by atoms with Crippen molar-refractivity contribution < 1.29 is 29.0 Å². The Balaban J connectivity index is 1.87. The number of rotatable bonds is 4. The standard InChI is InChI=1S/C19H26N2O6/c1-13-11-27-16-9-14(17(22)20-24)3-4-15(16)10-21(13)18(23)19(12-25-2)5-7-26-8-6-19/h3-4,9,13,24H,5-8,10-12H2,1-2H3,(H,20,22). The summed E-state index contributed by atoms with van der Waals surface area (Å²) in [5.74, 6) is -0.00678. The van der Waals surface area contributed by atoms with E-state index in [1.807, 2.05) is 11.8 Å². The summed E-state index contributed by atoms with van der Waals surface area (Å²) >= 11 is 0. The number of carbonyl (C=O) groups excluding carboxylic acids is 2. The van der Waals surface area contributed by atoms with E-state index in [0.29, 0.717) is 57.1 Å². The summed E-state index contributed by atoms with van der Waals surface area (Å²) in [5.41, 5.74) is 2.15. The molecule has 1 aromatic carbocycles. The molecule has 27 heavy (non-hydrogen) atoms. The van der Waals surface area contributed by atoms with E-state index in [9.17, 15) is 9.59 Å². The highest BCUT2D eigenvalue weighted by Gasteiger charge is 2.44. The third-order valence-corrected chi connectivity index (χ3v) is 5.37. The van der Waals surface area contributed by atoms with E-state index in [1.54, 1.807) is 30.8 Å². The summed E-state index contributed by atoms with van der Waals surface area (Å²) in [4.78, 5) is 27.0. The monoisotopic (exact) mass is 378 g/mol. The Kier molecular flexibility index (Phi) is 5.98. The largest absolute Gasteiger partial charge is 0.491 e. The Morgan fingerprint density at radius 1 is 1.37 bits per heavy atom. The minimum absolute atomic E-state index is 0.0498. The van der Waals surface area contributed by atoms with Crippen molar-refractivity contribution in [3.63, 3.8) is 0 Å². The number of methoxy groups -OCH3 is 1. The summed E-state index contributed by atoms with van der Waals surface area (Å²) in [6.45, 7) is 4.12. The Bertz CT molecular complexity index is 696. The molecule has 0 radical (unpaired) electrons. The van der Waals surface area contributed by atoms with E-state index >= 15 is 0 Å². The van der Waals surface area contributed by atoms with Gasteiger partial charge in [-0.05, 0) is 31.9 Å². The molecule has 1 fully saturated rings. The van der Waals surface area contributed by atoms with Gasteiger partial charge in [0.25, 0.3) is 5.91 Å². The van der Waals surface area contributed by atoms with Gasteiger partial charge in [0.2, 0.25) is 5.91 Å². The maximum Gasteiger partial charge on any atom is 0.274 e. The van der Waals surface area contributed by atoms with Crippen molar-refractivity contribution in [1.29, 1.82) is 0 Å². The van der Waals surface area contributed by atoms with Crippen LogP contribution in [0.3, 0.4) is 0 Å². The summed E-state index contributed by atoms with van der Waals surface area (Å²) in [5, 5.41) is 8.81. The van der Waals surface area contributed by atoms with Crippen molar-refractivity contribution in [2.75, 3.05) is 33.5 Å². The van der Waals surface area contributed by atoms with Crippen LogP contribution in [0.5, 0.6) is 5.75 Å². The molecule has 0 aromatic heterocycles. The quantitative estimate of drug-likeness (QED) is 0.607. The van der Waals surface area contributed by atoms with E-state index in [4.69, 9.17) is 19.4 Å². The van der Waals surface area contributed by atoms with Crippen molar-refractivity contribution in [3.8, 4) is 5.75 Å². The molecule has 8 heteroatoms. The van der Waals surface area contributed by atoms with Crippen LogP contribution in [0.4, 0.5) is 0 Å². The van der Waals surface area contributed by atoms with Crippen molar-refractivity contribution in [2.24, 2.45) is 5.41 Å². The second-order valence-electron chi connectivity index (χ2n) is 7.18. The third-order valence-electron chi connectivity index (χ3n) is 5.37. The molecule has 8 nitrogen and oxygen atoms in total. The Morgan fingerprint density at radius 3 is 2.78 bits per heavy atom. The minimum Gasteiger partial charge on any atom is -0.491 e. The number of hydrogen-bond donors (Lipinski definition) is 2. The lowest BCUT2D eigenvalue weighted by Crippen LogP contribution is -2.52. The lowest BCUT2D eigenvalue weighted by atomic mass is 9.79. The predicted octanol–water partition coefficient (Wildman–Crippen LogP) is 1.36. The average Bonchev–Trinajstić information content (AvgIpc) is 2.86. The molecule has 148 valence electrons. The van der Waals surface area contributed by atoms with Crippen molar-refractivity contribution in [2.45, 2.75) is 32.4 Å². The van der Waals surface area contributed by atoms with Crippen LogP contribution < -0.4 is 10.2 Å². The highest BCUT2D eigenvalue weighted by molar-refractivity contribution is 5.94. The molecule has 1 atom stereocenters. The second kappa shape index (κ2) is 8.24. The van der Waals surface area contributed by atoms with Gasteiger partial charge >= 0.3 is 0 Å². The highest BCUT2D eigenvalue weighted by atomic mass is 16.5. The molecule has 0 aliphatic carbocycles. The first-order valence-corrected chi connectivity index (χ1v) is 9.08. The van der Waals surface area contributed by atoms with Crippen LogP contribution in [0, 0.1) is 5.41 Å². The first-order chi connectivity index (χ1) is 13.0. The van der Waals surface area contributed by atoms with Crippen molar-refractivity contribution in [1.82, 2.24) is 10.4 Å². The van der Waals surface area contributed by atoms with Gasteiger partial charge < -0.3 is 19.1 Å². The number of ether oxygens (including phenoxy) is 3. The zero-order valence-corrected chi connectivity index (χ0v) is 15.7. The van der Waals surface area contributed by atoms with Crippen LogP contribution in [-0.2, 0) is 20.8 Å². The third kappa shape index (κ3) is 3.92. The molecule has 2 aliphatic heterocycles. The normalized spacial score (nSPS) is 21.6. The van der Waals surface area contributed by atoms with E-state index in [1.165, 1.54) is 0 Å². The lowest BCUT2D eigenvalue weighted by Gasteiger charge is -2.40.